The van der Waals surface area contributed by atoms with E-state index in [9.17, 15) is 13.2 Å². The first-order valence-corrected chi connectivity index (χ1v) is 11.3. The number of carbonyl (C=O) groups excluding carboxylic acids is 1. The number of aliphatic imine (C=N–C) groups is 1. The molecule has 1 aliphatic heterocycles. The van der Waals surface area contributed by atoms with Gasteiger partial charge in [0.15, 0.2) is 5.96 Å². The zero-order valence-corrected chi connectivity index (χ0v) is 17.4. The van der Waals surface area contributed by atoms with Crippen LogP contribution >= 0.6 is 0 Å². The highest BCUT2D eigenvalue weighted by molar-refractivity contribution is 7.89. The minimum absolute atomic E-state index is 0.0127. The molecule has 2 aliphatic rings. The van der Waals surface area contributed by atoms with Gasteiger partial charge in [-0.3, -0.25) is 9.79 Å². The Kier molecular flexibility index (Phi) is 8.30. The molecule has 0 radical (unpaired) electrons. The SMILES string of the molecule is CN=C(NCCNC(=O)C1CC1)N1CCN(S(=O)(=O)CCOC(C)C)CC1. The summed E-state index contributed by atoms with van der Waals surface area (Å²) in [5.41, 5.74) is 0. The van der Waals surface area contributed by atoms with Crippen molar-refractivity contribution in [2.24, 2.45) is 10.9 Å². The summed E-state index contributed by atoms with van der Waals surface area (Å²) in [6.45, 7) is 7.18. The van der Waals surface area contributed by atoms with Crippen molar-refractivity contribution < 1.29 is 17.9 Å². The predicted molar refractivity (Wildman–Crippen MR) is 105 cm³/mol. The standard InChI is InChI=1S/C17H33N5O4S/c1-14(2)26-12-13-27(24,25)22-10-8-21(9-11-22)17(18-3)20-7-6-19-16(23)15-4-5-15/h14-15H,4-13H2,1-3H3,(H,18,20)(H,19,23). The van der Waals surface area contributed by atoms with Gasteiger partial charge in [0.2, 0.25) is 15.9 Å². The molecule has 1 aliphatic carbocycles. The molecule has 1 heterocycles. The normalized spacial score (nSPS) is 19.4. The van der Waals surface area contributed by atoms with E-state index in [4.69, 9.17) is 4.74 Å². The summed E-state index contributed by atoms with van der Waals surface area (Å²) < 4.78 is 31.7. The minimum atomic E-state index is -3.29. The quantitative estimate of drug-likeness (QED) is 0.304. The first-order chi connectivity index (χ1) is 12.8. The Bertz CT molecular complexity index is 611. The molecule has 1 saturated carbocycles. The maximum Gasteiger partial charge on any atom is 0.223 e. The van der Waals surface area contributed by atoms with Crippen molar-refractivity contribution in [3.05, 3.63) is 0 Å². The van der Waals surface area contributed by atoms with Gasteiger partial charge in [-0.1, -0.05) is 0 Å². The molecule has 1 amide bonds. The summed E-state index contributed by atoms with van der Waals surface area (Å²) in [4.78, 5) is 17.9. The molecule has 9 nitrogen and oxygen atoms in total. The van der Waals surface area contributed by atoms with E-state index in [1.54, 1.807) is 7.05 Å². The fourth-order valence-corrected chi connectivity index (χ4v) is 4.16. The van der Waals surface area contributed by atoms with Gasteiger partial charge >= 0.3 is 0 Å². The van der Waals surface area contributed by atoms with Gasteiger partial charge in [0.05, 0.1) is 18.5 Å². The van der Waals surface area contributed by atoms with Crippen molar-refractivity contribution in [3.63, 3.8) is 0 Å². The summed E-state index contributed by atoms with van der Waals surface area (Å²) in [6.07, 6.45) is 2.02. The highest BCUT2D eigenvalue weighted by atomic mass is 32.2. The Hall–Kier alpha value is -1.39. The maximum atomic E-state index is 12.4. The number of ether oxygens (including phenoxy) is 1. The van der Waals surface area contributed by atoms with Gasteiger partial charge in [-0.25, -0.2) is 8.42 Å². The molecule has 0 atom stereocenters. The number of nitrogens with zero attached hydrogens (tertiary/aromatic N) is 3. The number of hydrogen-bond donors (Lipinski definition) is 2. The number of amides is 1. The van der Waals surface area contributed by atoms with Crippen LogP contribution < -0.4 is 10.6 Å². The van der Waals surface area contributed by atoms with E-state index in [2.05, 4.69) is 15.6 Å². The fourth-order valence-electron chi connectivity index (χ4n) is 2.88. The van der Waals surface area contributed by atoms with Gasteiger partial charge in [-0.15, -0.1) is 0 Å². The Morgan fingerprint density at radius 1 is 1.15 bits per heavy atom. The van der Waals surface area contributed by atoms with Gasteiger partial charge in [0, 0.05) is 52.2 Å². The number of carbonyl (C=O) groups is 1. The number of hydrogen-bond acceptors (Lipinski definition) is 5. The molecule has 0 unspecified atom stereocenters. The molecule has 0 aromatic rings. The van der Waals surface area contributed by atoms with Crippen LogP contribution in [0.15, 0.2) is 4.99 Å². The summed E-state index contributed by atoms with van der Waals surface area (Å²) in [7, 11) is -1.59. The zero-order chi connectivity index (χ0) is 19.9. The Morgan fingerprint density at radius 3 is 2.33 bits per heavy atom. The van der Waals surface area contributed by atoms with Gasteiger partial charge in [0.1, 0.15) is 0 Å². The second-order valence-electron chi connectivity index (χ2n) is 7.16. The summed E-state index contributed by atoms with van der Waals surface area (Å²) in [6, 6.07) is 0. The van der Waals surface area contributed by atoms with Crippen molar-refractivity contribution >= 4 is 21.9 Å². The van der Waals surface area contributed by atoms with E-state index in [1.807, 2.05) is 18.7 Å². The minimum Gasteiger partial charge on any atom is -0.378 e. The molecule has 10 heteroatoms. The Balaban J connectivity index is 1.69. The molecule has 2 rings (SSSR count). The Labute approximate surface area is 162 Å². The average molecular weight is 404 g/mol. The number of guanidine groups is 1. The molecule has 0 aromatic heterocycles. The Morgan fingerprint density at radius 2 is 1.78 bits per heavy atom. The highest BCUT2D eigenvalue weighted by Crippen LogP contribution is 2.28. The summed E-state index contributed by atoms with van der Waals surface area (Å²) in [5, 5.41) is 6.13. The van der Waals surface area contributed by atoms with Crippen molar-refractivity contribution in [1.82, 2.24) is 19.8 Å². The third-order valence-corrected chi connectivity index (χ3v) is 6.43. The molecular weight excluding hydrogens is 370 g/mol. The van der Waals surface area contributed by atoms with Crippen molar-refractivity contribution in [1.29, 1.82) is 0 Å². The van der Waals surface area contributed by atoms with Crippen LogP contribution in [0.5, 0.6) is 0 Å². The molecule has 2 fully saturated rings. The lowest BCUT2D eigenvalue weighted by molar-refractivity contribution is -0.122. The maximum absolute atomic E-state index is 12.4. The lowest BCUT2D eigenvalue weighted by atomic mass is 10.4. The lowest BCUT2D eigenvalue weighted by Crippen LogP contribution is -2.54. The van der Waals surface area contributed by atoms with Crippen LogP contribution in [0.4, 0.5) is 0 Å². The van der Waals surface area contributed by atoms with Gasteiger partial charge < -0.3 is 20.3 Å². The highest BCUT2D eigenvalue weighted by Gasteiger charge is 2.29. The van der Waals surface area contributed by atoms with E-state index in [1.165, 1.54) is 4.31 Å². The van der Waals surface area contributed by atoms with Crippen LogP contribution in [0.2, 0.25) is 0 Å². The smallest absolute Gasteiger partial charge is 0.223 e. The molecular formula is C17H33N5O4S. The van der Waals surface area contributed by atoms with E-state index < -0.39 is 10.0 Å². The number of sulfonamides is 1. The predicted octanol–water partition coefficient (Wildman–Crippen LogP) is -0.540. The van der Waals surface area contributed by atoms with Crippen molar-refractivity contribution in [2.45, 2.75) is 32.8 Å². The topological polar surface area (TPSA) is 103 Å². The monoisotopic (exact) mass is 403 g/mol. The zero-order valence-electron chi connectivity index (χ0n) is 16.6. The number of piperazine rings is 1. The van der Waals surface area contributed by atoms with Crippen LogP contribution in [-0.2, 0) is 19.6 Å². The van der Waals surface area contributed by atoms with E-state index >= 15 is 0 Å². The second kappa shape index (κ2) is 10.2. The van der Waals surface area contributed by atoms with Gasteiger partial charge in [-0.2, -0.15) is 4.31 Å². The lowest BCUT2D eigenvalue weighted by Gasteiger charge is -2.35. The average Bonchev–Trinajstić information content (AvgIpc) is 3.46. The van der Waals surface area contributed by atoms with Crippen molar-refractivity contribution in [3.8, 4) is 0 Å². The molecule has 1 saturated heterocycles. The summed E-state index contributed by atoms with van der Waals surface area (Å²) in [5.74, 6) is 1.09. The first kappa shape index (κ1) is 21.9. The molecule has 27 heavy (non-hydrogen) atoms. The van der Waals surface area contributed by atoms with Crippen LogP contribution in [0, 0.1) is 5.92 Å². The first-order valence-electron chi connectivity index (χ1n) is 9.66. The fraction of sp³-hybridized carbons (Fsp3) is 0.882. The van der Waals surface area contributed by atoms with Gasteiger partial charge in [-0.05, 0) is 26.7 Å². The van der Waals surface area contributed by atoms with Crippen molar-refractivity contribution in [2.75, 3.05) is 58.7 Å². The molecule has 0 spiro atoms. The summed E-state index contributed by atoms with van der Waals surface area (Å²) >= 11 is 0. The third kappa shape index (κ3) is 7.27. The van der Waals surface area contributed by atoms with E-state index in [0.29, 0.717) is 39.3 Å². The van der Waals surface area contributed by atoms with Crippen LogP contribution in [0.1, 0.15) is 26.7 Å². The third-order valence-electron chi connectivity index (χ3n) is 4.59. The molecule has 2 N–H and O–H groups in total. The van der Waals surface area contributed by atoms with Gasteiger partial charge in [0.25, 0.3) is 0 Å². The van der Waals surface area contributed by atoms with E-state index in [0.717, 1.165) is 18.8 Å². The molecule has 0 bridgehead atoms. The molecule has 156 valence electrons. The largest absolute Gasteiger partial charge is 0.378 e. The number of rotatable bonds is 9. The molecule has 0 aromatic carbocycles. The van der Waals surface area contributed by atoms with E-state index in [-0.39, 0.29) is 30.3 Å². The van der Waals surface area contributed by atoms with Crippen LogP contribution in [-0.4, -0.2) is 94.3 Å². The van der Waals surface area contributed by atoms with Crippen LogP contribution in [0.3, 0.4) is 0 Å². The van der Waals surface area contributed by atoms with Crippen LogP contribution in [0.25, 0.3) is 0 Å². The second-order valence-corrected chi connectivity index (χ2v) is 9.25. The number of nitrogens with one attached hydrogen (secondary N) is 2.